The van der Waals surface area contributed by atoms with Gasteiger partial charge in [-0.25, -0.2) is 0 Å². The largest absolute Gasteiger partial charge is 0.399 e. The summed E-state index contributed by atoms with van der Waals surface area (Å²) in [6, 6.07) is 17.9. The molecule has 0 aliphatic heterocycles. The van der Waals surface area contributed by atoms with E-state index in [9.17, 15) is 4.79 Å². The van der Waals surface area contributed by atoms with Crippen LogP contribution in [-0.2, 0) is 4.79 Å². The summed E-state index contributed by atoms with van der Waals surface area (Å²) in [6.07, 6.45) is 0.963. The van der Waals surface area contributed by atoms with Crippen LogP contribution < -0.4 is 11.1 Å². The molecule has 0 aliphatic carbocycles. The fraction of sp³-hybridized carbons (Fsp3) is 0.435. The summed E-state index contributed by atoms with van der Waals surface area (Å²) in [7, 11) is 0. The topological polar surface area (TPSA) is 55.1 Å². The summed E-state index contributed by atoms with van der Waals surface area (Å²) in [6.45, 7) is 10.9. The van der Waals surface area contributed by atoms with E-state index in [-0.39, 0.29) is 17.2 Å². The van der Waals surface area contributed by atoms with E-state index in [4.69, 9.17) is 5.73 Å². The minimum Gasteiger partial charge on any atom is -0.399 e. The second kappa shape index (κ2) is 8.39. The van der Waals surface area contributed by atoms with Crippen molar-refractivity contribution in [3.63, 3.8) is 0 Å². The van der Waals surface area contributed by atoms with E-state index in [0.717, 1.165) is 12.1 Å². The Labute approximate surface area is 158 Å². The van der Waals surface area contributed by atoms with E-state index in [0.29, 0.717) is 17.5 Å². The molecule has 2 atom stereocenters. The van der Waals surface area contributed by atoms with Crippen LogP contribution >= 0.6 is 0 Å². The predicted octanol–water partition coefficient (Wildman–Crippen LogP) is 5.70. The van der Waals surface area contributed by atoms with Crippen molar-refractivity contribution in [3.05, 3.63) is 60.2 Å². The van der Waals surface area contributed by atoms with Gasteiger partial charge in [0.05, 0.1) is 0 Å². The number of amides is 1. The fourth-order valence-electron chi connectivity index (χ4n) is 3.35. The van der Waals surface area contributed by atoms with Gasteiger partial charge >= 0.3 is 0 Å². The summed E-state index contributed by atoms with van der Waals surface area (Å²) < 4.78 is 0. The standard InChI is InChI=1S/C23H32N2O/c1-16(2)21(18-9-7-6-8-10-18)15-23(4,5)17(3)22(26)25-20-13-11-19(24)12-14-20/h6-14,16-17,21H,15,24H2,1-5H3,(H,25,26). The molecule has 140 valence electrons. The maximum Gasteiger partial charge on any atom is 0.227 e. The van der Waals surface area contributed by atoms with Crippen LogP contribution in [0.15, 0.2) is 54.6 Å². The van der Waals surface area contributed by atoms with Gasteiger partial charge in [-0.05, 0) is 53.5 Å². The van der Waals surface area contributed by atoms with Gasteiger partial charge in [0.25, 0.3) is 0 Å². The molecule has 0 bridgehead atoms. The predicted molar refractivity (Wildman–Crippen MR) is 111 cm³/mol. The molecule has 3 N–H and O–H groups in total. The Morgan fingerprint density at radius 3 is 2.12 bits per heavy atom. The number of rotatable bonds is 7. The fourth-order valence-corrected chi connectivity index (χ4v) is 3.35. The molecule has 0 fully saturated rings. The first kappa shape index (κ1) is 20.0. The minimum atomic E-state index is -0.122. The second-order valence-electron chi connectivity index (χ2n) is 8.29. The molecular weight excluding hydrogens is 320 g/mol. The van der Waals surface area contributed by atoms with E-state index in [2.05, 4.69) is 63.3 Å². The third-order valence-electron chi connectivity index (χ3n) is 5.52. The first-order valence-corrected chi connectivity index (χ1v) is 9.42. The van der Waals surface area contributed by atoms with Crippen molar-refractivity contribution in [1.82, 2.24) is 0 Å². The van der Waals surface area contributed by atoms with Crippen LogP contribution in [0.5, 0.6) is 0 Å². The number of benzene rings is 2. The molecule has 0 saturated carbocycles. The van der Waals surface area contributed by atoms with Crippen LogP contribution in [-0.4, -0.2) is 5.91 Å². The number of nitrogen functional groups attached to an aromatic ring is 1. The Hall–Kier alpha value is -2.29. The summed E-state index contributed by atoms with van der Waals surface area (Å²) in [5.41, 5.74) is 8.42. The van der Waals surface area contributed by atoms with Crippen molar-refractivity contribution in [3.8, 4) is 0 Å². The quantitative estimate of drug-likeness (QED) is 0.628. The molecular formula is C23H32N2O. The smallest absolute Gasteiger partial charge is 0.227 e. The van der Waals surface area contributed by atoms with E-state index in [1.165, 1.54) is 5.56 Å². The second-order valence-corrected chi connectivity index (χ2v) is 8.29. The average molecular weight is 353 g/mol. The highest BCUT2D eigenvalue weighted by Crippen LogP contribution is 2.41. The molecule has 0 radical (unpaired) electrons. The molecule has 1 amide bonds. The highest BCUT2D eigenvalue weighted by molar-refractivity contribution is 5.92. The van der Waals surface area contributed by atoms with Crippen molar-refractivity contribution in [1.29, 1.82) is 0 Å². The zero-order valence-electron chi connectivity index (χ0n) is 16.6. The van der Waals surface area contributed by atoms with Gasteiger partial charge in [0.15, 0.2) is 0 Å². The zero-order valence-corrected chi connectivity index (χ0v) is 16.6. The normalized spacial score (nSPS) is 14.1. The highest BCUT2D eigenvalue weighted by atomic mass is 16.1. The monoisotopic (exact) mass is 352 g/mol. The third kappa shape index (κ3) is 5.10. The molecule has 3 heteroatoms. The lowest BCUT2D eigenvalue weighted by molar-refractivity contribution is -0.122. The van der Waals surface area contributed by atoms with Gasteiger partial charge in [0.2, 0.25) is 5.91 Å². The van der Waals surface area contributed by atoms with Crippen LogP contribution in [0.2, 0.25) is 0 Å². The molecule has 0 saturated heterocycles. The molecule has 0 spiro atoms. The average Bonchev–Trinajstić information content (AvgIpc) is 2.61. The summed E-state index contributed by atoms with van der Waals surface area (Å²) in [5, 5.41) is 3.02. The van der Waals surface area contributed by atoms with Crippen LogP contribution in [0.25, 0.3) is 0 Å². The van der Waals surface area contributed by atoms with Crippen molar-refractivity contribution >= 4 is 17.3 Å². The third-order valence-corrected chi connectivity index (χ3v) is 5.52. The number of hydrogen-bond acceptors (Lipinski definition) is 2. The lowest BCUT2D eigenvalue weighted by Crippen LogP contribution is -2.34. The number of carbonyl (C=O) groups excluding carboxylic acids is 1. The summed E-state index contributed by atoms with van der Waals surface area (Å²) in [4.78, 5) is 12.8. The molecule has 0 aliphatic rings. The lowest BCUT2D eigenvalue weighted by atomic mass is 9.69. The Bertz CT molecular complexity index is 705. The first-order chi connectivity index (χ1) is 12.2. The van der Waals surface area contributed by atoms with Crippen molar-refractivity contribution in [2.24, 2.45) is 17.3 Å². The van der Waals surface area contributed by atoms with Gasteiger partial charge < -0.3 is 11.1 Å². The van der Waals surface area contributed by atoms with Crippen LogP contribution in [0, 0.1) is 17.3 Å². The van der Waals surface area contributed by atoms with E-state index in [1.54, 1.807) is 12.1 Å². The molecule has 26 heavy (non-hydrogen) atoms. The molecule has 2 aromatic rings. The highest BCUT2D eigenvalue weighted by Gasteiger charge is 2.35. The van der Waals surface area contributed by atoms with Crippen LogP contribution in [0.3, 0.4) is 0 Å². The van der Waals surface area contributed by atoms with Gasteiger partial charge in [0.1, 0.15) is 0 Å². The van der Waals surface area contributed by atoms with Gasteiger partial charge in [0, 0.05) is 17.3 Å². The Kier molecular flexibility index (Phi) is 6.47. The SMILES string of the molecule is CC(C)C(CC(C)(C)C(C)C(=O)Nc1ccc(N)cc1)c1ccccc1. The molecule has 2 unspecified atom stereocenters. The van der Waals surface area contributed by atoms with Gasteiger partial charge in [-0.1, -0.05) is 65.0 Å². The van der Waals surface area contributed by atoms with Gasteiger partial charge in [-0.15, -0.1) is 0 Å². The van der Waals surface area contributed by atoms with Crippen LogP contribution in [0.4, 0.5) is 11.4 Å². The van der Waals surface area contributed by atoms with E-state index in [1.807, 2.05) is 19.1 Å². The molecule has 2 rings (SSSR count). The lowest BCUT2D eigenvalue weighted by Gasteiger charge is -2.36. The molecule has 0 heterocycles. The van der Waals surface area contributed by atoms with Gasteiger partial charge in [-0.2, -0.15) is 0 Å². The first-order valence-electron chi connectivity index (χ1n) is 9.42. The molecule has 2 aromatic carbocycles. The van der Waals surface area contributed by atoms with E-state index < -0.39 is 0 Å². The van der Waals surface area contributed by atoms with Crippen molar-refractivity contribution in [2.75, 3.05) is 11.1 Å². The van der Waals surface area contributed by atoms with Crippen molar-refractivity contribution in [2.45, 2.75) is 47.0 Å². The van der Waals surface area contributed by atoms with Crippen LogP contribution in [0.1, 0.15) is 52.5 Å². The van der Waals surface area contributed by atoms with Gasteiger partial charge in [-0.3, -0.25) is 4.79 Å². The number of anilines is 2. The number of carbonyl (C=O) groups is 1. The maximum absolute atomic E-state index is 12.8. The van der Waals surface area contributed by atoms with E-state index >= 15 is 0 Å². The Balaban J connectivity index is 2.11. The van der Waals surface area contributed by atoms with Crippen molar-refractivity contribution < 1.29 is 4.79 Å². The molecule has 0 aromatic heterocycles. The molecule has 3 nitrogen and oxygen atoms in total. The zero-order chi connectivity index (χ0) is 19.3. The Morgan fingerprint density at radius 1 is 1.00 bits per heavy atom. The summed E-state index contributed by atoms with van der Waals surface area (Å²) in [5.74, 6) is 0.891. The minimum absolute atomic E-state index is 0.0512. The number of nitrogens with two attached hydrogens (primary N) is 1. The Morgan fingerprint density at radius 2 is 1.58 bits per heavy atom. The number of nitrogens with one attached hydrogen (secondary N) is 1. The number of hydrogen-bond donors (Lipinski definition) is 2. The maximum atomic E-state index is 12.8. The summed E-state index contributed by atoms with van der Waals surface area (Å²) >= 11 is 0.